The highest BCUT2D eigenvalue weighted by atomic mass is 32.2. The zero-order chi connectivity index (χ0) is 18.7. The zero-order valence-corrected chi connectivity index (χ0v) is 16.0. The molecular formula is C19H27FN2O3S. The van der Waals surface area contributed by atoms with E-state index in [1.54, 1.807) is 16.4 Å². The van der Waals surface area contributed by atoms with E-state index in [0.29, 0.717) is 31.1 Å². The first kappa shape index (κ1) is 19.3. The molecule has 2 aliphatic heterocycles. The van der Waals surface area contributed by atoms with Gasteiger partial charge in [-0.1, -0.05) is 18.6 Å². The molecule has 3 rings (SSSR count). The second kappa shape index (κ2) is 8.05. The molecule has 5 nitrogen and oxygen atoms in total. The Labute approximate surface area is 155 Å². The topological polar surface area (TPSA) is 57.7 Å². The third-order valence-electron chi connectivity index (χ3n) is 5.61. The van der Waals surface area contributed by atoms with Gasteiger partial charge in [0, 0.05) is 25.7 Å². The lowest BCUT2D eigenvalue weighted by molar-refractivity contribution is -0.132. The number of nitrogens with zero attached hydrogens (tertiary/aromatic N) is 2. The number of benzene rings is 1. The lowest BCUT2D eigenvalue weighted by Crippen LogP contribution is -2.50. The van der Waals surface area contributed by atoms with Crippen molar-refractivity contribution >= 4 is 15.9 Å². The molecule has 0 aromatic heterocycles. The van der Waals surface area contributed by atoms with Crippen LogP contribution in [0.3, 0.4) is 0 Å². The molecule has 144 valence electrons. The number of rotatable bonds is 4. The lowest BCUT2D eigenvalue weighted by atomic mass is 9.85. The second-order valence-corrected chi connectivity index (χ2v) is 9.40. The summed E-state index contributed by atoms with van der Waals surface area (Å²) in [6, 6.07) is 6.22. The normalized spacial score (nSPS) is 23.2. The monoisotopic (exact) mass is 382 g/mol. The molecule has 1 aromatic rings. The summed E-state index contributed by atoms with van der Waals surface area (Å²) < 4.78 is 39.1. The summed E-state index contributed by atoms with van der Waals surface area (Å²) in [4.78, 5) is 14.3. The molecule has 0 saturated carbocycles. The largest absolute Gasteiger partial charge is 0.342 e. The molecule has 2 heterocycles. The van der Waals surface area contributed by atoms with Gasteiger partial charge >= 0.3 is 0 Å². The third kappa shape index (κ3) is 4.62. The van der Waals surface area contributed by atoms with E-state index < -0.39 is 10.0 Å². The van der Waals surface area contributed by atoms with Crippen LogP contribution in [-0.4, -0.2) is 55.5 Å². The van der Waals surface area contributed by atoms with E-state index in [0.717, 1.165) is 32.1 Å². The highest BCUT2D eigenvalue weighted by Crippen LogP contribution is 2.32. The SMILES string of the molecule is CS(=O)(=O)N1CCCC[C@H]1C1CCN(C(=O)Cc2cccc(F)c2)CC1. The van der Waals surface area contributed by atoms with Crippen LogP contribution in [0.4, 0.5) is 4.39 Å². The van der Waals surface area contributed by atoms with Gasteiger partial charge in [-0.05, 0) is 49.3 Å². The van der Waals surface area contributed by atoms with Gasteiger partial charge in [0.2, 0.25) is 15.9 Å². The molecule has 2 fully saturated rings. The molecular weight excluding hydrogens is 355 g/mol. The van der Waals surface area contributed by atoms with Crippen LogP contribution in [0, 0.1) is 11.7 Å². The van der Waals surface area contributed by atoms with Crippen molar-refractivity contribution in [3.63, 3.8) is 0 Å². The molecule has 0 aliphatic carbocycles. The van der Waals surface area contributed by atoms with Crippen molar-refractivity contribution in [3.05, 3.63) is 35.6 Å². The fourth-order valence-corrected chi connectivity index (χ4v) is 5.51. The fourth-order valence-electron chi connectivity index (χ4n) is 4.28. The summed E-state index contributed by atoms with van der Waals surface area (Å²) in [5.41, 5.74) is 0.688. The summed E-state index contributed by atoms with van der Waals surface area (Å²) in [5.74, 6) is -0.00641. The molecule has 0 unspecified atom stereocenters. The Morgan fingerprint density at radius 1 is 1.15 bits per heavy atom. The Bertz CT molecular complexity index is 745. The molecule has 0 spiro atoms. The predicted octanol–water partition coefficient (Wildman–Crippen LogP) is 2.42. The Balaban J connectivity index is 1.57. The van der Waals surface area contributed by atoms with Crippen molar-refractivity contribution in [1.29, 1.82) is 0 Å². The van der Waals surface area contributed by atoms with Gasteiger partial charge in [0.15, 0.2) is 0 Å². The summed E-state index contributed by atoms with van der Waals surface area (Å²) in [6.45, 7) is 1.90. The number of halogens is 1. The van der Waals surface area contributed by atoms with E-state index in [-0.39, 0.29) is 24.2 Å². The second-order valence-electron chi connectivity index (χ2n) is 7.46. The quantitative estimate of drug-likeness (QED) is 0.804. The highest BCUT2D eigenvalue weighted by molar-refractivity contribution is 7.88. The number of sulfonamides is 1. The molecule has 2 saturated heterocycles. The molecule has 1 aromatic carbocycles. The van der Waals surface area contributed by atoms with Crippen LogP contribution in [0.1, 0.15) is 37.7 Å². The first-order chi connectivity index (χ1) is 12.3. The van der Waals surface area contributed by atoms with Crippen molar-refractivity contribution < 1.29 is 17.6 Å². The standard InChI is InChI=1S/C19H27FN2O3S/c1-26(24,25)22-10-3-2-7-18(22)16-8-11-21(12-9-16)19(23)14-15-5-4-6-17(20)13-15/h4-6,13,16,18H,2-3,7-12,14H2,1H3/t18-/m0/s1. The molecule has 0 bridgehead atoms. The van der Waals surface area contributed by atoms with Gasteiger partial charge in [0.05, 0.1) is 12.7 Å². The van der Waals surface area contributed by atoms with Gasteiger partial charge in [0.1, 0.15) is 5.82 Å². The average Bonchev–Trinajstić information content (AvgIpc) is 2.61. The van der Waals surface area contributed by atoms with Gasteiger partial charge in [-0.15, -0.1) is 0 Å². The van der Waals surface area contributed by atoms with E-state index in [1.165, 1.54) is 18.4 Å². The van der Waals surface area contributed by atoms with Gasteiger partial charge in [0.25, 0.3) is 0 Å². The Morgan fingerprint density at radius 3 is 2.54 bits per heavy atom. The number of hydrogen-bond acceptors (Lipinski definition) is 3. The number of piperidine rings is 2. The Morgan fingerprint density at radius 2 is 1.88 bits per heavy atom. The average molecular weight is 383 g/mol. The van der Waals surface area contributed by atoms with Crippen LogP contribution in [0.5, 0.6) is 0 Å². The predicted molar refractivity (Wildman–Crippen MR) is 98.6 cm³/mol. The molecule has 1 atom stereocenters. The third-order valence-corrected chi connectivity index (χ3v) is 6.91. The van der Waals surface area contributed by atoms with Gasteiger partial charge in [-0.25, -0.2) is 12.8 Å². The number of hydrogen-bond donors (Lipinski definition) is 0. The minimum Gasteiger partial charge on any atom is -0.342 e. The molecule has 0 radical (unpaired) electrons. The number of likely N-dealkylation sites (tertiary alicyclic amines) is 1. The van der Waals surface area contributed by atoms with Gasteiger partial charge in [-0.2, -0.15) is 4.31 Å². The van der Waals surface area contributed by atoms with E-state index in [9.17, 15) is 17.6 Å². The maximum absolute atomic E-state index is 13.3. The summed E-state index contributed by atoms with van der Waals surface area (Å²) in [7, 11) is -3.18. The highest BCUT2D eigenvalue weighted by Gasteiger charge is 2.37. The molecule has 26 heavy (non-hydrogen) atoms. The van der Waals surface area contributed by atoms with Crippen LogP contribution >= 0.6 is 0 Å². The maximum Gasteiger partial charge on any atom is 0.226 e. The summed E-state index contributed by atoms with van der Waals surface area (Å²) in [6.07, 6.45) is 6.06. The van der Waals surface area contributed by atoms with E-state index in [4.69, 9.17) is 0 Å². The van der Waals surface area contributed by atoms with Crippen LogP contribution in [0.2, 0.25) is 0 Å². The number of carbonyl (C=O) groups is 1. The molecule has 7 heteroatoms. The summed E-state index contributed by atoms with van der Waals surface area (Å²) in [5, 5.41) is 0. The van der Waals surface area contributed by atoms with Crippen LogP contribution in [0.15, 0.2) is 24.3 Å². The minimum atomic E-state index is -3.18. The summed E-state index contributed by atoms with van der Waals surface area (Å²) >= 11 is 0. The Kier molecular flexibility index (Phi) is 5.97. The molecule has 2 aliphatic rings. The van der Waals surface area contributed by atoms with Crippen LogP contribution in [-0.2, 0) is 21.2 Å². The molecule has 0 N–H and O–H groups in total. The fraction of sp³-hybridized carbons (Fsp3) is 0.632. The number of amides is 1. The van der Waals surface area contributed by atoms with Crippen molar-refractivity contribution in [2.75, 3.05) is 25.9 Å². The maximum atomic E-state index is 13.3. The smallest absolute Gasteiger partial charge is 0.226 e. The van der Waals surface area contributed by atoms with Crippen molar-refractivity contribution in [2.45, 2.75) is 44.6 Å². The molecule has 1 amide bonds. The first-order valence-electron chi connectivity index (χ1n) is 9.33. The van der Waals surface area contributed by atoms with E-state index >= 15 is 0 Å². The van der Waals surface area contributed by atoms with Crippen LogP contribution < -0.4 is 0 Å². The van der Waals surface area contributed by atoms with Crippen molar-refractivity contribution in [2.24, 2.45) is 5.92 Å². The van der Waals surface area contributed by atoms with E-state index in [2.05, 4.69) is 0 Å². The lowest BCUT2D eigenvalue weighted by Gasteiger charge is -2.42. The van der Waals surface area contributed by atoms with Crippen molar-refractivity contribution in [3.8, 4) is 0 Å². The van der Waals surface area contributed by atoms with Gasteiger partial charge in [-0.3, -0.25) is 4.79 Å². The minimum absolute atomic E-state index is 0.0117. The van der Waals surface area contributed by atoms with Gasteiger partial charge < -0.3 is 4.90 Å². The Hall–Kier alpha value is -1.47. The number of carbonyl (C=O) groups excluding carboxylic acids is 1. The first-order valence-corrected chi connectivity index (χ1v) is 11.2. The van der Waals surface area contributed by atoms with E-state index in [1.807, 2.05) is 4.90 Å². The van der Waals surface area contributed by atoms with Crippen LogP contribution in [0.25, 0.3) is 0 Å². The zero-order valence-electron chi connectivity index (χ0n) is 15.2. The van der Waals surface area contributed by atoms with Crippen molar-refractivity contribution in [1.82, 2.24) is 9.21 Å².